The highest BCUT2D eigenvalue weighted by atomic mass is 16.2. The predicted octanol–water partition coefficient (Wildman–Crippen LogP) is 0.773. The average Bonchev–Trinajstić information content (AvgIpc) is 2.90. The summed E-state index contributed by atoms with van der Waals surface area (Å²) >= 11 is 0. The average molecular weight is 182 g/mol. The van der Waals surface area contributed by atoms with Crippen LogP contribution in [0.25, 0.3) is 0 Å². The predicted molar refractivity (Wildman–Crippen MR) is 53.5 cm³/mol. The van der Waals surface area contributed by atoms with E-state index in [4.69, 9.17) is 0 Å². The Bertz CT molecular complexity index is 187. The van der Waals surface area contributed by atoms with E-state index in [1.165, 1.54) is 12.8 Å². The highest BCUT2D eigenvalue weighted by Crippen LogP contribution is 2.26. The van der Waals surface area contributed by atoms with Crippen LogP contribution in [0.4, 0.5) is 0 Å². The fourth-order valence-corrected chi connectivity index (χ4v) is 1.41. The number of rotatable bonds is 6. The van der Waals surface area contributed by atoms with Crippen LogP contribution in [0.3, 0.4) is 0 Å². The van der Waals surface area contributed by atoms with Gasteiger partial charge in [-0.2, -0.15) is 0 Å². The van der Waals surface area contributed by atoms with Crippen molar-refractivity contribution < 1.29 is 4.79 Å². The molecular weight excluding hydrogens is 164 g/mol. The molecule has 1 aliphatic rings. The van der Waals surface area contributed by atoms with Gasteiger partial charge in [-0.05, 0) is 19.8 Å². The van der Waals surface area contributed by atoms with E-state index in [-0.39, 0.29) is 5.91 Å². The number of carbonyl (C=O) groups excluding carboxylic acids is 1. The maximum Gasteiger partial charge on any atom is 0.236 e. The summed E-state index contributed by atoms with van der Waals surface area (Å²) in [6.07, 6.45) is 4.13. The van der Waals surface area contributed by atoms with Gasteiger partial charge in [-0.3, -0.25) is 4.79 Å². The quantitative estimate of drug-likeness (QED) is 0.486. The van der Waals surface area contributed by atoms with Crippen molar-refractivity contribution in [2.75, 3.05) is 19.6 Å². The first-order valence-electron chi connectivity index (χ1n) is 4.90. The molecule has 3 heteroatoms. The minimum Gasteiger partial charge on any atom is -0.339 e. The topological polar surface area (TPSA) is 32.3 Å². The van der Waals surface area contributed by atoms with Crippen LogP contribution in [0.2, 0.25) is 0 Å². The van der Waals surface area contributed by atoms with E-state index in [1.807, 2.05) is 11.8 Å². The van der Waals surface area contributed by atoms with Crippen molar-refractivity contribution in [3.8, 4) is 0 Å². The minimum absolute atomic E-state index is 0.215. The van der Waals surface area contributed by atoms with Crippen LogP contribution in [0.15, 0.2) is 12.7 Å². The molecule has 1 amide bonds. The molecule has 3 nitrogen and oxygen atoms in total. The van der Waals surface area contributed by atoms with E-state index in [0.29, 0.717) is 19.1 Å². The van der Waals surface area contributed by atoms with Gasteiger partial charge < -0.3 is 10.2 Å². The van der Waals surface area contributed by atoms with Crippen molar-refractivity contribution in [2.45, 2.75) is 25.8 Å². The zero-order chi connectivity index (χ0) is 9.68. The van der Waals surface area contributed by atoms with Gasteiger partial charge in [0.05, 0.1) is 6.54 Å². The highest BCUT2D eigenvalue weighted by Gasteiger charge is 2.30. The summed E-state index contributed by atoms with van der Waals surface area (Å²) in [4.78, 5) is 13.5. The molecule has 0 spiro atoms. The van der Waals surface area contributed by atoms with E-state index in [9.17, 15) is 4.79 Å². The molecule has 1 rings (SSSR count). The number of carbonyl (C=O) groups is 1. The molecule has 0 aromatic heterocycles. The Labute approximate surface area is 79.8 Å². The maximum absolute atomic E-state index is 11.6. The molecule has 1 N–H and O–H groups in total. The van der Waals surface area contributed by atoms with E-state index >= 15 is 0 Å². The molecule has 13 heavy (non-hydrogen) atoms. The van der Waals surface area contributed by atoms with Crippen molar-refractivity contribution in [1.82, 2.24) is 10.2 Å². The normalized spacial score (nSPS) is 15.5. The third-order valence-corrected chi connectivity index (χ3v) is 2.21. The smallest absolute Gasteiger partial charge is 0.236 e. The number of likely N-dealkylation sites (N-methyl/N-ethyl adjacent to an activating group) is 1. The Morgan fingerprint density at radius 2 is 2.38 bits per heavy atom. The van der Waals surface area contributed by atoms with Gasteiger partial charge in [-0.25, -0.2) is 0 Å². The van der Waals surface area contributed by atoms with Crippen molar-refractivity contribution in [3.05, 3.63) is 12.7 Å². The van der Waals surface area contributed by atoms with Gasteiger partial charge in [-0.1, -0.05) is 6.08 Å². The lowest BCUT2D eigenvalue weighted by Crippen LogP contribution is -2.39. The molecule has 0 heterocycles. The summed E-state index contributed by atoms with van der Waals surface area (Å²) in [6, 6.07) is 0.531. The van der Waals surface area contributed by atoms with Gasteiger partial charge in [0.15, 0.2) is 0 Å². The minimum atomic E-state index is 0.215. The number of amides is 1. The first-order valence-corrected chi connectivity index (χ1v) is 4.90. The van der Waals surface area contributed by atoms with Crippen molar-refractivity contribution in [1.29, 1.82) is 0 Å². The Balaban J connectivity index is 2.22. The van der Waals surface area contributed by atoms with Crippen molar-refractivity contribution in [3.63, 3.8) is 0 Å². The lowest BCUT2D eigenvalue weighted by molar-refractivity contribution is -0.130. The first-order chi connectivity index (χ1) is 6.29. The third kappa shape index (κ3) is 3.19. The summed E-state index contributed by atoms with van der Waals surface area (Å²) in [7, 11) is 0. The fourth-order valence-electron chi connectivity index (χ4n) is 1.41. The monoisotopic (exact) mass is 182 g/mol. The Morgan fingerprint density at radius 1 is 1.69 bits per heavy atom. The van der Waals surface area contributed by atoms with Crippen LogP contribution in [0, 0.1) is 0 Å². The maximum atomic E-state index is 11.6. The number of nitrogens with zero attached hydrogens (tertiary/aromatic N) is 1. The van der Waals surface area contributed by atoms with Crippen LogP contribution in [-0.4, -0.2) is 36.5 Å². The van der Waals surface area contributed by atoms with Crippen LogP contribution >= 0.6 is 0 Å². The van der Waals surface area contributed by atoms with Gasteiger partial charge in [0.2, 0.25) is 5.91 Å². The van der Waals surface area contributed by atoms with Crippen LogP contribution in [-0.2, 0) is 4.79 Å². The molecule has 0 aromatic rings. The summed E-state index contributed by atoms with van der Waals surface area (Å²) in [5.41, 5.74) is 0. The van der Waals surface area contributed by atoms with E-state index in [0.717, 1.165) is 6.54 Å². The molecule has 74 valence electrons. The Hall–Kier alpha value is -0.830. The van der Waals surface area contributed by atoms with Crippen LogP contribution in [0.1, 0.15) is 19.8 Å². The van der Waals surface area contributed by atoms with Crippen LogP contribution < -0.4 is 5.32 Å². The third-order valence-electron chi connectivity index (χ3n) is 2.21. The summed E-state index contributed by atoms with van der Waals surface area (Å²) in [5, 5.41) is 3.02. The Kier molecular flexibility index (Phi) is 3.96. The lowest BCUT2D eigenvalue weighted by atomic mass is 10.4. The van der Waals surface area contributed by atoms with Crippen molar-refractivity contribution in [2.24, 2.45) is 0 Å². The van der Waals surface area contributed by atoms with Crippen molar-refractivity contribution >= 4 is 5.91 Å². The molecule has 0 bridgehead atoms. The molecule has 0 saturated heterocycles. The van der Waals surface area contributed by atoms with E-state index < -0.39 is 0 Å². The van der Waals surface area contributed by atoms with Crippen LogP contribution in [0.5, 0.6) is 0 Å². The zero-order valence-electron chi connectivity index (χ0n) is 8.25. The number of hydrogen-bond donors (Lipinski definition) is 1. The molecule has 0 aromatic carbocycles. The van der Waals surface area contributed by atoms with Gasteiger partial charge in [-0.15, -0.1) is 6.58 Å². The Morgan fingerprint density at radius 3 is 2.85 bits per heavy atom. The molecule has 0 unspecified atom stereocenters. The SMILES string of the molecule is C=CCNCC(=O)N(CC)C1CC1. The first kappa shape index (κ1) is 10.3. The summed E-state index contributed by atoms with van der Waals surface area (Å²) < 4.78 is 0. The van der Waals surface area contributed by atoms with Gasteiger partial charge in [0.1, 0.15) is 0 Å². The molecular formula is C10H18N2O. The second-order valence-corrected chi connectivity index (χ2v) is 3.33. The largest absolute Gasteiger partial charge is 0.339 e. The molecule has 0 aliphatic heterocycles. The van der Waals surface area contributed by atoms with Gasteiger partial charge in [0.25, 0.3) is 0 Å². The highest BCUT2D eigenvalue weighted by molar-refractivity contribution is 5.78. The van der Waals surface area contributed by atoms with E-state index in [2.05, 4.69) is 11.9 Å². The summed E-state index contributed by atoms with van der Waals surface area (Å²) in [6.45, 7) is 7.59. The number of nitrogens with one attached hydrogen (secondary N) is 1. The molecule has 1 aliphatic carbocycles. The standard InChI is InChI=1S/C10H18N2O/c1-3-7-11-8-10(13)12(4-2)9-5-6-9/h3,9,11H,1,4-8H2,2H3. The molecule has 1 fully saturated rings. The second-order valence-electron chi connectivity index (χ2n) is 3.33. The molecule has 0 radical (unpaired) electrons. The lowest BCUT2D eigenvalue weighted by Gasteiger charge is -2.20. The second kappa shape index (κ2) is 5.02. The van der Waals surface area contributed by atoms with Gasteiger partial charge in [0, 0.05) is 19.1 Å². The molecule has 0 atom stereocenters. The zero-order valence-corrected chi connectivity index (χ0v) is 8.25. The summed E-state index contributed by atoms with van der Waals surface area (Å²) in [5.74, 6) is 0.215. The fraction of sp³-hybridized carbons (Fsp3) is 0.700. The van der Waals surface area contributed by atoms with Gasteiger partial charge >= 0.3 is 0 Å². The number of hydrogen-bond acceptors (Lipinski definition) is 2. The molecule has 1 saturated carbocycles. The van der Waals surface area contributed by atoms with E-state index in [1.54, 1.807) is 6.08 Å².